The summed E-state index contributed by atoms with van der Waals surface area (Å²) in [6.45, 7) is 18.6. The van der Waals surface area contributed by atoms with E-state index in [4.69, 9.17) is 28.4 Å². The number of nitrogens with zero attached hydrogens (tertiary/aromatic N) is 1. The summed E-state index contributed by atoms with van der Waals surface area (Å²) in [5.74, 6) is -2.22. The van der Waals surface area contributed by atoms with Gasteiger partial charge in [0.15, 0.2) is 12.6 Å². The molecule has 1 amide bonds. The SMILES string of the molecule is CC[C@H]1NC(=O)[C@H](C)[C@@H](O[C@H]2C[C@@](C)(OC)C[C@H](C)O2)[C@H](C)[C@@H](O[C@@H]2O[C@H](C)C[C@H](N(C)CCF)[C@H]2O)[C@@]2(C)C[C@@H](C)[C@@H](O2)[C@H](C)[C@@H](O)[C@]1(C)O. The number of hydrogen-bond acceptors (Lipinski definition) is 11. The van der Waals surface area contributed by atoms with Crippen LogP contribution in [0.3, 0.4) is 0 Å². The van der Waals surface area contributed by atoms with Gasteiger partial charge in [-0.25, -0.2) is 4.39 Å². The Morgan fingerprint density at radius 3 is 2.25 bits per heavy atom. The van der Waals surface area contributed by atoms with Crippen molar-refractivity contribution in [3.8, 4) is 0 Å². The quantitative estimate of drug-likeness (QED) is 0.276. The van der Waals surface area contributed by atoms with E-state index in [-0.39, 0.29) is 30.6 Å². The van der Waals surface area contributed by atoms with Crippen molar-refractivity contribution in [1.29, 1.82) is 0 Å². The van der Waals surface area contributed by atoms with Crippen LogP contribution in [0.25, 0.3) is 0 Å². The molecule has 4 heterocycles. The molecule has 0 unspecified atom stereocenters. The first-order valence-electron chi connectivity index (χ1n) is 19.2. The number of rotatable bonds is 9. The molecule has 13 heteroatoms. The minimum atomic E-state index is -1.67. The monoisotopic (exact) mass is 732 g/mol. The molecule has 2 bridgehead atoms. The topological polar surface area (TPSA) is 148 Å². The number of halogens is 1. The number of carbonyl (C=O) groups excluding carboxylic acids is 1. The molecule has 12 nitrogen and oxygen atoms in total. The molecule has 0 aromatic carbocycles. The van der Waals surface area contributed by atoms with Crippen molar-refractivity contribution in [2.75, 3.05) is 27.4 Å². The summed E-state index contributed by atoms with van der Waals surface area (Å²) >= 11 is 0. The Hall–Kier alpha value is -1.00. The lowest BCUT2D eigenvalue weighted by molar-refractivity contribution is -0.312. The van der Waals surface area contributed by atoms with Gasteiger partial charge in [-0.15, -0.1) is 0 Å². The Bertz CT molecular complexity index is 1150. The van der Waals surface area contributed by atoms with Crippen LogP contribution >= 0.6 is 0 Å². The minimum Gasteiger partial charge on any atom is -0.390 e. The molecule has 18 atom stereocenters. The Morgan fingerprint density at radius 1 is 0.980 bits per heavy atom. The molecule has 0 aliphatic carbocycles. The fourth-order valence-electron chi connectivity index (χ4n) is 9.61. The smallest absolute Gasteiger partial charge is 0.225 e. The molecule has 4 aliphatic heterocycles. The second-order valence-corrected chi connectivity index (χ2v) is 17.1. The molecule has 4 fully saturated rings. The molecule has 0 spiro atoms. The molecule has 51 heavy (non-hydrogen) atoms. The molecule has 0 radical (unpaired) electrons. The van der Waals surface area contributed by atoms with E-state index >= 15 is 0 Å². The van der Waals surface area contributed by atoms with Gasteiger partial charge >= 0.3 is 0 Å². The van der Waals surface area contributed by atoms with Gasteiger partial charge in [0.2, 0.25) is 5.91 Å². The van der Waals surface area contributed by atoms with Gasteiger partial charge in [0, 0.05) is 44.4 Å². The van der Waals surface area contributed by atoms with Gasteiger partial charge in [0.1, 0.15) is 18.4 Å². The summed E-state index contributed by atoms with van der Waals surface area (Å²) < 4.78 is 52.7. The Morgan fingerprint density at radius 2 is 1.65 bits per heavy atom. The number of aliphatic hydroxyl groups excluding tert-OH is 2. The number of carbonyl (C=O) groups is 1. The maximum absolute atomic E-state index is 14.2. The third-order valence-corrected chi connectivity index (χ3v) is 12.6. The number of aliphatic hydroxyl groups is 3. The van der Waals surface area contributed by atoms with Crippen LogP contribution in [0.2, 0.25) is 0 Å². The van der Waals surface area contributed by atoms with E-state index in [1.165, 1.54) is 0 Å². The van der Waals surface area contributed by atoms with Crippen LogP contribution in [0, 0.1) is 23.7 Å². The number of amides is 1. The van der Waals surface area contributed by atoms with Gasteiger partial charge in [-0.2, -0.15) is 0 Å². The largest absolute Gasteiger partial charge is 0.390 e. The maximum atomic E-state index is 14.2. The van der Waals surface area contributed by atoms with Gasteiger partial charge < -0.3 is 49.1 Å². The predicted molar refractivity (Wildman–Crippen MR) is 189 cm³/mol. The molecule has 4 rings (SSSR count). The predicted octanol–water partition coefficient (Wildman–Crippen LogP) is 3.56. The van der Waals surface area contributed by atoms with Crippen molar-refractivity contribution >= 4 is 5.91 Å². The van der Waals surface area contributed by atoms with Crippen molar-refractivity contribution in [3.05, 3.63) is 0 Å². The van der Waals surface area contributed by atoms with Crippen molar-refractivity contribution in [1.82, 2.24) is 10.2 Å². The third kappa shape index (κ3) is 9.11. The van der Waals surface area contributed by atoms with Crippen molar-refractivity contribution in [2.45, 2.75) is 186 Å². The zero-order valence-electron chi connectivity index (χ0n) is 33.1. The molecule has 298 valence electrons. The molecule has 0 aromatic heterocycles. The van der Waals surface area contributed by atoms with E-state index in [9.17, 15) is 24.5 Å². The van der Waals surface area contributed by atoms with Crippen LogP contribution in [0.4, 0.5) is 4.39 Å². The highest BCUT2D eigenvalue weighted by molar-refractivity contribution is 5.79. The second-order valence-electron chi connectivity index (χ2n) is 17.1. The number of nitrogens with one attached hydrogen (secondary N) is 1. The lowest BCUT2D eigenvalue weighted by atomic mass is 9.75. The van der Waals surface area contributed by atoms with E-state index in [0.29, 0.717) is 32.1 Å². The van der Waals surface area contributed by atoms with Crippen molar-refractivity contribution in [2.24, 2.45) is 23.7 Å². The molecule has 4 aliphatic rings. The average Bonchev–Trinajstić information content (AvgIpc) is 3.38. The fraction of sp³-hybridized carbons (Fsp3) is 0.974. The standard InChI is InChI=1S/C38H69FN2O10/c1-13-27-38(10,45)32(43)23(5)30-20(2)17-37(9,51-30)33(50-35-29(42)26(16-21(3)48-35)41(11)15-14-39)24(6)31(25(7)34(44)40-27)49-28-19-36(8,46-12)18-22(4)47-28/h20-33,35,42-43,45H,13-19H2,1-12H3,(H,40,44)/t20-,21-,22+,23+,24+,25-,26+,27-,28+,29-,30-,31+,32-,33-,35+,36+,37-,38-/m1/s1. The summed E-state index contributed by atoms with van der Waals surface area (Å²) in [7, 11) is 3.46. The first-order chi connectivity index (χ1) is 23.7. The van der Waals surface area contributed by atoms with Gasteiger partial charge in [0.25, 0.3) is 0 Å². The highest BCUT2D eigenvalue weighted by Crippen LogP contribution is 2.47. The normalized spacial score (nSPS) is 50.3. The maximum Gasteiger partial charge on any atom is 0.225 e. The molecule has 4 saturated heterocycles. The van der Waals surface area contributed by atoms with E-state index in [1.807, 2.05) is 48.5 Å². The zero-order chi connectivity index (χ0) is 38.2. The average molecular weight is 733 g/mol. The number of hydrogen-bond donors (Lipinski definition) is 4. The van der Waals surface area contributed by atoms with Gasteiger partial charge in [0.05, 0.1) is 59.8 Å². The van der Waals surface area contributed by atoms with E-state index < -0.39 is 96.4 Å². The Kier molecular flexibility index (Phi) is 14.1. The van der Waals surface area contributed by atoms with E-state index in [2.05, 4.69) is 12.2 Å². The van der Waals surface area contributed by atoms with Crippen molar-refractivity contribution in [3.63, 3.8) is 0 Å². The van der Waals surface area contributed by atoms with Crippen LogP contribution in [-0.2, 0) is 33.2 Å². The second kappa shape index (κ2) is 16.8. The zero-order valence-corrected chi connectivity index (χ0v) is 33.1. The van der Waals surface area contributed by atoms with Gasteiger partial charge in [-0.3, -0.25) is 9.69 Å². The lowest BCUT2D eigenvalue weighted by Gasteiger charge is -2.48. The summed E-state index contributed by atoms with van der Waals surface area (Å²) in [6, 6.07) is -1.17. The summed E-state index contributed by atoms with van der Waals surface area (Å²) in [4.78, 5) is 16.0. The summed E-state index contributed by atoms with van der Waals surface area (Å²) in [5, 5.41) is 38.3. The number of methoxy groups -OCH3 is 1. The third-order valence-electron chi connectivity index (χ3n) is 12.6. The first-order valence-corrected chi connectivity index (χ1v) is 19.2. The van der Waals surface area contributed by atoms with Gasteiger partial charge in [-0.1, -0.05) is 34.6 Å². The summed E-state index contributed by atoms with van der Waals surface area (Å²) in [6.07, 6.45) is -4.10. The molecule has 0 saturated carbocycles. The highest BCUT2D eigenvalue weighted by atomic mass is 19.1. The number of ether oxygens (including phenoxy) is 6. The Labute approximate surface area is 305 Å². The first kappa shape index (κ1) is 42.7. The summed E-state index contributed by atoms with van der Waals surface area (Å²) in [5.41, 5.74) is -3.17. The van der Waals surface area contributed by atoms with Crippen LogP contribution in [0.1, 0.15) is 101 Å². The minimum absolute atomic E-state index is 0.0485. The number of fused-ring (bicyclic) bond motifs is 2. The van der Waals surface area contributed by atoms with Crippen LogP contribution < -0.4 is 5.32 Å². The van der Waals surface area contributed by atoms with Crippen LogP contribution in [0.15, 0.2) is 0 Å². The number of alkyl halides is 1. The van der Waals surface area contributed by atoms with E-state index in [1.54, 1.807) is 32.9 Å². The Balaban J connectivity index is 1.82. The molecule has 4 N–H and O–H groups in total. The molecule has 0 aromatic rings. The fourth-order valence-corrected chi connectivity index (χ4v) is 9.61. The highest BCUT2D eigenvalue weighted by Gasteiger charge is 2.57. The van der Waals surface area contributed by atoms with Gasteiger partial charge in [-0.05, 0) is 66.8 Å². The van der Waals surface area contributed by atoms with Crippen LogP contribution in [0.5, 0.6) is 0 Å². The van der Waals surface area contributed by atoms with Crippen molar-refractivity contribution < 1.29 is 52.9 Å². The molecular formula is C38H69FN2O10. The number of likely N-dealkylation sites (N-methyl/N-ethyl adjacent to an activating group) is 1. The molecular weight excluding hydrogens is 663 g/mol. The van der Waals surface area contributed by atoms with E-state index in [0.717, 1.165) is 0 Å². The van der Waals surface area contributed by atoms with Crippen LogP contribution in [-0.4, -0.2) is 138 Å². The lowest BCUT2D eigenvalue weighted by Crippen LogP contribution is -2.61.